The van der Waals surface area contributed by atoms with E-state index < -0.39 is 90.7 Å². The summed E-state index contributed by atoms with van der Waals surface area (Å²) >= 11 is 0. The van der Waals surface area contributed by atoms with Gasteiger partial charge >= 0.3 is 12.1 Å². The number of hydrogen-bond acceptors (Lipinski definition) is 3. The van der Waals surface area contributed by atoms with Crippen LogP contribution in [-0.4, -0.2) is 25.6 Å². The monoisotopic (exact) mass is 314 g/mol. The van der Waals surface area contributed by atoms with Crippen molar-refractivity contribution in [3.63, 3.8) is 0 Å². The maximum atomic E-state index is 13.3. The summed E-state index contributed by atoms with van der Waals surface area (Å²) in [5.41, 5.74) is -3.59. The van der Waals surface area contributed by atoms with E-state index >= 15 is 0 Å². The highest BCUT2D eigenvalue weighted by molar-refractivity contribution is 5.72. The number of ether oxygens (including phenoxy) is 1. The summed E-state index contributed by atoms with van der Waals surface area (Å²) in [5.74, 6) is -5.88. The molecule has 0 aliphatic carbocycles. The highest BCUT2D eigenvalue weighted by Gasteiger charge is 2.31. The van der Waals surface area contributed by atoms with Crippen LogP contribution in [0.5, 0.6) is 0 Å². The van der Waals surface area contributed by atoms with Gasteiger partial charge in [0.1, 0.15) is 0 Å². The minimum absolute atomic E-state index is 0.515. The number of rotatable bonds is 3. The quantitative estimate of drug-likeness (QED) is 0.800. The molecule has 0 amide bonds. The second-order valence-corrected chi connectivity index (χ2v) is 3.63. The van der Waals surface area contributed by atoms with Crippen LogP contribution in [0.3, 0.4) is 0 Å². The zero-order valence-corrected chi connectivity index (χ0v) is 10.6. The van der Waals surface area contributed by atoms with Crippen LogP contribution in [0.4, 0.5) is 18.9 Å². The van der Waals surface area contributed by atoms with Crippen LogP contribution in [0.1, 0.15) is 43.1 Å². The molecule has 0 aromatic heterocycles. The van der Waals surface area contributed by atoms with Gasteiger partial charge in [0.25, 0.3) is 0 Å². The lowest BCUT2D eigenvalue weighted by Crippen LogP contribution is -2.37. The lowest BCUT2D eigenvalue weighted by molar-refractivity contribution is -0.148. The zero-order chi connectivity index (χ0) is 27.0. The van der Waals surface area contributed by atoms with Gasteiger partial charge in [0.2, 0.25) is 0 Å². The number of nitrogens with zero attached hydrogens (tertiary/aromatic N) is 1. The largest absolute Gasteiger partial charge is 0.466 e. The highest BCUT2D eigenvalue weighted by Crippen LogP contribution is 2.31. The minimum atomic E-state index is -5.40. The normalized spacial score (nSPS) is 37.0. The van der Waals surface area contributed by atoms with E-state index in [-0.39, 0.29) is 0 Å². The summed E-state index contributed by atoms with van der Waals surface area (Å²) in [7, 11) is 0. The molecule has 0 atom stereocenters. The molecule has 0 spiro atoms. The molecule has 0 unspecified atom stereocenters. The third-order valence-corrected chi connectivity index (χ3v) is 2.18. The van der Waals surface area contributed by atoms with E-state index in [4.69, 9.17) is 17.8 Å². The van der Waals surface area contributed by atoms with Crippen molar-refractivity contribution in [2.45, 2.75) is 25.8 Å². The van der Waals surface area contributed by atoms with Crippen LogP contribution in [0, 0.1) is 5.89 Å². The molecule has 0 N–H and O–H groups in total. The average molecular weight is 314 g/mol. The number of anilines is 1. The molecule has 0 radical (unpaired) electrons. The minimum Gasteiger partial charge on any atom is -0.466 e. The van der Waals surface area contributed by atoms with E-state index in [2.05, 4.69) is 4.74 Å². The fourth-order valence-corrected chi connectivity index (χ4v) is 1.26. The van der Waals surface area contributed by atoms with Gasteiger partial charge in [-0.3, -0.25) is 4.79 Å². The van der Waals surface area contributed by atoms with Gasteiger partial charge in [0, 0.05) is 31.0 Å². The predicted molar refractivity (Wildman–Crippen MR) is 73.0 cm³/mol. The number of halogens is 3. The Labute approximate surface area is 140 Å². The Bertz CT molecular complexity index is 971. The van der Waals surface area contributed by atoms with Gasteiger partial charge in [0.05, 0.1) is 23.5 Å². The Balaban J connectivity index is 3.04. The molecule has 21 heavy (non-hydrogen) atoms. The number of alkyl halides is 3. The first-order chi connectivity index (χ1) is 15.0. The lowest BCUT2D eigenvalue weighted by Gasteiger charge is -2.32. The smallest absolute Gasteiger partial charge is 0.416 e. The average Bonchev–Trinajstić information content (AvgIpc) is 2.66. The summed E-state index contributed by atoms with van der Waals surface area (Å²) in [5, 5.41) is 0. The number of esters is 1. The second-order valence-electron chi connectivity index (χ2n) is 3.63. The Morgan fingerprint density at radius 2 is 2.00 bits per heavy atom. The first kappa shape index (κ1) is 5.82. The van der Waals surface area contributed by atoms with Gasteiger partial charge in [-0.15, -0.1) is 0 Å². The topological polar surface area (TPSA) is 29.5 Å². The van der Waals surface area contributed by atoms with Crippen LogP contribution in [-0.2, 0) is 15.7 Å². The van der Waals surface area contributed by atoms with Crippen molar-refractivity contribution in [1.82, 2.24) is 0 Å². The molecule has 116 valence electrons. The molecular formula is C15H18F3NO2. The number of benzene rings is 1. The molecule has 1 heterocycles. The summed E-state index contributed by atoms with van der Waals surface area (Å²) in [6.07, 6.45) is -13.4. The van der Waals surface area contributed by atoms with Gasteiger partial charge in [-0.2, -0.15) is 13.2 Å². The highest BCUT2D eigenvalue weighted by atomic mass is 19.4. The number of hydrogen-bond donors (Lipinski definition) is 0. The van der Waals surface area contributed by atoms with Crippen LogP contribution >= 0.6 is 0 Å². The number of carbonyl (C=O) groups excluding carboxylic acids is 1. The van der Waals surface area contributed by atoms with Gasteiger partial charge in [-0.25, -0.2) is 0 Å². The maximum Gasteiger partial charge on any atom is 0.416 e. The van der Waals surface area contributed by atoms with Crippen molar-refractivity contribution >= 4 is 11.7 Å². The van der Waals surface area contributed by atoms with Gasteiger partial charge in [-0.05, 0) is 43.8 Å². The van der Waals surface area contributed by atoms with E-state index in [0.29, 0.717) is 0 Å². The molecule has 1 aliphatic heterocycles. The zero-order valence-electron chi connectivity index (χ0n) is 23.6. The molecule has 1 saturated heterocycles. The van der Waals surface area contributed by atoms with Gasteiger partial charge < -0.3 is 9.64 Å². The molecule has 0 bridgehead atoms. The van der Waals surface area contributed by atoms with Crippen LogP contribution in [0.2, 0.25) is 0 Å². The first-order valence-corrected chi connectivity index (χ1v) is 5.64. The van der Waals surface area contributed by atoms with E-state index in [0.717, 1.165) is 0 Å². The van der Waals surface area contributed by atoms with Crippen molar-refractivity contribution in [2.75, 3.05) is 24.5 Å². The molecule has 6 heteroatoms. The van der Waals surface area contributed by atoms with Gasteiger partial charge in [-0.1, -0.05) is 0 Å². The predicted octanol–water partition coefficient (Wildman–Crippen LogP) is 3.48. The van der Waals surface area contributed by atoms with Crippen molar-refractivity contribution in [1.29, 1.82) is 0 Å². The van der Waals surface area contributed by atoms with E-state index in [1.165, 1.54) is 6.92 Å². The van der Waals surface area contributed by atoms with E-state index in [1.807, 2.05) is 0 Å². The molecular weight excluding hydrogens is 283 g/mol. The van der Waals surface area contributed by atoms with Gasteiger partial charge in [0.15, 0.2) is 0 Å². The SMILES string of the molecule is [2H]c1c([2H])c(C(F)(F)F)c([2H])c([2H])c1N1C([2H])([2H])C([2H])([2H])C([2H])(C(=O)OCC)C([2H])([2H])C1([2H])[2H]. The van der Waals surface area contributed by atoms with Crippen LogP contribution in [0.25, 0.3) is 0 Å². The Kier molecular flexibility index (Phi) is 1.76. The fraction of sp³-hybridized carbons (Fsp3) is 0.533. The molecule has 3 nitrogen and oxygen atoms in total. The molecule has 1 aliphatic rings. The molecule has 1 fully saturated rings. The third kappa shape index (κ3) is 3.89. The maximum absolute atomic E-state index is 13.3. The fourth-order valence-electron chi connectivity index (χ4n) is 1.26. The summed E-state index contributed by atoms with van der Waals surface area (Å²) in [4.78, 5) is 11.9. The summed E-state index contributed by atoms with van der Waals surface area (Å²) < 4.78 is 149. The third-order valence-electron chi connectivity index (χ3n) is 2.18. The number of piperidine rings is 1. The first-order valence-electron chi connectivity index (χ1n) is 12.1. The Morgan fingerprint density at radius 3 is 2.48 bits per heavy atom. The summed E-state index contributed by atoms with van der Waals surface area (Å²) in [6.45, 7) is -7.28. The number of carbonyl (C=O) groups is 1. The Hall–Kier alpha value is -1.72. The van der Waals surface area contributed by atoms with Crippen molar-refractivity contribution in [3.05, 3.63) is 29.7 Å². The van der Waals surface area contributed by atoms with E-state index in [1.54, 1.807) is 0 Å². The standard InChI is InChI=1S/C15H18F3NO2/c1-2-21-14(20)11-7-9-19(10-8-11)13-5-3-12(4-6-13)15(16,17)18/h3-6,11H,2,7-10H2,1H3/i3D,4D,5D,6D,7D2,8D2,9D2,10D2,11D. The molecule has 2 rings (SSSR count). The van der Waals surface area contributed by atoms with Crippen molar-refractivity contribution in [2.24, 2.45) is 5.89 Å². The van der Waals surface area contributed by atoms with Crippen molar-refractivity contribution in [3.8, 4) is 0 Å². The van der Waals surface area contributed by atoms with Crippen LogP contribution < -0.4 is 4.90 Å². The van der Waals surface area contributed by atoms with E-state index in [9.17, 15) is 18.0 Å². The summed E-state index contributed by atoms with van der Waals surface area (Å²) in [6, 6.07) is -6.80. The Morgan fingerprint density at radius 1 is 1.43 bits per heavy atom. The molecule has 1 aromatic rings. The molecule has 1 aromatic carbocycles. The lowest BCUT2D eigenvalue weighted by atomic mass is 9.96. The second kappa shape index (κ2) is 6.37. The molecule has 0 saturated carbocycles. The van der Waals surface area contributed by atoms with Crippen LogP contribution in [0.15, 0.2) is 24.2 Å². The van der Waals surface area contributed by atoms with Crippen molar-refractivity contribution < 1.29 is 40.5 Å².